The number of hydrogen-bond acceptors (Lipinski definition) is 6. The van der Waals surface area contributed by atoms with Crippen molar-refractivity contribution in [1.29, 1.82) is 0 Å². The van der Waals surface area contributed by atoms with Gasteiger partial charge in [0.25, 0.3) is 5.69 Å². The second kappa shape index (κ2) is 6.07. The number of fused-ring (bicyclic) bond motifs is 1. The molecule has 0 unspecified atom stereocenters. The maximum Gasteiger partial charge on any atom is 0.342 e. The molecular formula is C16H11FN2O5. The fourth-order valence-corrected chi connectivity index (χ4v) is 2.23. The monoisotopic (exact) mass is 330 g/mol. The van der Waals surface area contributed by atoms with Gasteiger partial charge in [-0.25, -0.2) is 14.2 Å². The minimum atomic E-state index is -0.756. The third-order valence-electron chi connectivity index (χ3n) is 3.25. The van der Waals surface area contributed by atoms with Gasteiger partial charge < -0.3 is 9.15 Å². The Morgan fingerprint density at radius 3 is 2.83 bits per heavy atom. The summed E-state index contributed by atoms with van der Waals surface area (Å²) in [7, 11) is 0. The van der Waals surface area contributed by atoms with Gasteiger partial charge in [0.2, 0.25) is 5.89 Å². The van der Waals surface area contributed by atoms with E-state index in [2.05, 4.69) is 4.98 Å². The van der Waals surface area contributed by atoms with Gasteiger partial charge in [0, 0.05) is 17.7 Å². The summed E-state index contributed by atoms with van der Waals surface area (Å²) in [4.78, 5) is 26.6. The van der Waals surface area contributed by atoms with Crippen molar-refractivity contribution in [2.75, 3.05) is 6.61 Å². The molecule has 0 aliphatic carbocycles. The predicted molar refractivity (Wildman–Crippen MR) is 82.0 cm³/mol. The quantitative estimate of drug-likeness (QED) is 0.411. The zero-order chi connectivity index (χ0) is 17.3. The molecule has 8 heteroatoms. The van der Waals surface area contributed by atoms with Gasteiger partial charge in [0.05, 0.1) is 11.5 Å². The van der Waals surface area contributed by atoms with Crippen LogP contribution in [-0.2, 0) is 4.74 Å². The van der Waals surface area contributed by atoms with Gasteiger partial charge in [-0.2, -0.15) is 0 Å². The number of ether oxygens (including phenoxy) is 1. The fraction of sp³-hybridized carbons (Fsp3) is 0.125. The lowest BCUT2D eigenvalue weighted by atomic mass is 10.1. The summed E-state index contributed by atoms with van der Waals surface area (Å²) in [5.41, 5.74) is 0.106. The van der Waals surface area contributed by atoms with Crippen molar-refractivity contribution in [2.45, 2.75) is 6.92 Å². The van der Waals surface area contributed by atoms with E-state index in [0.717, 1.165) is 6.07 Å². The van der Waals surface area contributed by atoms with Crippen molar-refractivity contribution >= 4 is 22.8 Å². The number of esters is 1. The molecule has 1 aromatic heterocycles. The summed E-state index contributed by atoms with van der Waals surface area (Å²) in [5.74, 6) is -1.19. The molecule has 0 atom stereocenters. The topological polar surface area (TPSA) is 95.5 Å². The number of hydrogen-bond donors (Lipinski definition) is 0. The predicted octanol–water partition coefficient (Wildman–Crippen LogP) is 3.72. The number of nitro groups is 1. The van der Waals surface area contributed by atoms with E-state index in [9.17, 15) is 19.3 Å². The second-order valence-electron chi connectivity index (χ2n) is 4.85. The van der Waals surface area contributed by atoms with Crippen molar-refractivity contribution in [2.24, 2.45) is 0 Å². The standard InChI is InChI=1S/C16H11FN2O5/c1-2-23-16(20)12-7-11(19(21)22)8-13-14(12)24-15(18-13)9-4-3-5-10(17)6-9/h3-8H,2H2,1H3. The minimum Gasteiger partial charge on any atom is -0.462 e. The summed E-state index contributed by atoms with van der Waals surface area (Å²) in [6, 6.07) is 7.79. The van der Waals surface area contributed by atoms with Crippen LogP contribution in [0.25, 0.3) is 22.6 Å². The van der Waals surface area contributed by atoms with Crippen LogP contribution in [0.15, 0.2) is 40.8 Å². The molecule has 0 bridgehead atoms. The Labute approximate surface area is 134 Å². The summed E-state index contributed by atoms with van der Waals surface area (Å²) >= 11 is 0. The van der Waals surface area contributed by atoms with E-state index in [1.54, 1.807) is 13.0 Å². The third-order valence-corrected chi connectivity index (χ3v) is 3.25. The van der Waals surface area contributed by atoms with E-state index < -0.39 is 16.7 Å². The highest BCUT2D eigenvalue weighted by Crippen LogP contribution is 2.30. The van der Waals surface area contributed by atoms with Crippen LogP contribution in [0.2, 0.25) is 0 Å². The summed E-state index contributed by atoms with van der Waals surface area (Å²) in [6.45, 7) is 1.72. The highest BCUT2D eigenvalue weighted by Gasteiger charge is 2.23. The highest BCUT2D eigenvalue weighted by atomic mass is 19.1. The van der Waals surface area contributed by atoms with E-state index >= 15 is 0 Å². The van der Waals surface area contributed by atoms with E-state index in [0.29, 0.717) is 5.56 Å². The number of aromatic nitrogens is 1. The molecule has 0 aliphatic heterocycles. The lowest BCUT2D eigenvalue weighted by Gasteiger charge is -2.02. The number of nitrogens with zero attached hydrogens (tertiary/aromatic N) is 2. The van der Waals surface area contributed by atoms with Gasteiger partial charge in [0.15, 0.2) is 5.58 Å². The van der Waals surface area contributed by atoms with Crippen molar-refractivity contribution in [1.82, 2.24) is 4.98 Å². The maximum atomic E-state index is 13.4. The van der Waals surface area contributed by atoms with E-state index in [1.165, 1.54) is 24.3 Å². The number of oxazole rings is 1. The Balaban J connectivity index is 2.21. The highest BCUT2D eigenvalue weighted by molar-refractivity contribution is 6.02. The van der Waals surface area contributed by atoms with Gasteiger partial charge in [0.1, 0.15) is 16.9 Å². The molecule has 3 rings (SSSR count). The van der Waals surface area contributed by atoms with Gasteiger partial charge in [-0.3, -0.25) is 10.1 Å². The van der Waals surface area contributed by atoms with Crippen LogP contribution in [0.4, 0.5) is 10.1 Å². The number of rotatable bonds is 4. The molecule has 0 saturated heterocycles. The summed E-state index contributed by atoms with van der Waals surface area (Å²) in [5, 5.41) is 11.0. The first-order chi connectivity index (χ1) is 11.5. The molecule has 2 aromatic carbocycles. The van der Waals surface area contributed by atoms with E-state index in [1.807, 2.05) is 0 Å². The first-order valence-corrected chi connectivity index (χ1v) is 7.01. The van der Waals surface area contributed by atoms with Gasteiger partial charge in [-0.05, 0) is 25.1 Å². The molecule has 0 radical (unpaired) electrons. The number of carbonyl (C=O) groups is 1. The second-order valence-corrected chi connectivity index (χ2v) is 4.85. The smallest absolute Gasteiger partial charge is 0.342 e. The minimum absolute atomic E-state index is 0.0514. The molecule has 0 fully saturated rings. The van der Waals surface area contributed by atoms with Crippen LogP contribution in [-0.4, -0.2) is 22.5 Å². The Morgan fingerprint density at radius 2 is 2.17 bits per heavy atom. The number of benzene rings is 2. The Bertz CT molecular complexity index is 951. The summed E-state index contributed by atoms with van der Waals surface area (Å²) < 4.78 is 23.8. The average Bonchev–Trinajstić information content (AvgIpc) is 2.98. The van der Waals surface area contributed by atoms with Crippen molar-refractivity contribution in [3.8, 4) is 11.5 Å². The van der Waals surface area contributed by atoms with Crippen LogP contribution >= 0.6 is 0 Å². The largest absolute Gasteiger partial charge is 0.462 e. The molecule has 0 spiro atoms. The maximum absolute atomic E-state index is 13.4. The summed E-state index contributed by atoms with van der Waals surface area (Å²) in [6.07, 6.45) is 0. The first kappa shape index (κ1) is 15.6. The first-order valence-electron chi connectivity index (χ1n) is 7.01. The molecular weight excluding hydrogens is 319 g/mol. The molecule has 7 nitrogen and oxygen atoms in total. The van der Waals surface area contributed by atoms with E-state index in [4.69, 9.17) is 9.15 Å². The molecule has 122 valence electrons. The van der Waals surface area contributed by atoms with Crippen molar-refractivity contribution in [3.05, 3.63) is 57.9 Å². The molecule has 1 heterocycles. The Kier molecular flexibility index (Phi) is 3.95. The number of nitro benzene ring substituents is 1. The molecule has 0 amide bonds. The zero-order valence-electron chi connectivity index (χ0n) is 12.5. The van der Waals surface area contributed by atoms with Crippen LogP contribution in [0.1, 0.15) is 17.3 Å². The lowest BCUT2D eigenvalue weighted by Crippen LogP contribution is -2.05. The molecule has 0 aliphatic rings. The molecule has 24 heavy (non-hydrogen) atoms. The zero-order valence-corrected chi connectivity index (χ0v) is 12.5. The van der Waals surface area contributed by atoms with Crippen LogP contribution in [0.5, 0.6) is 0 Å². The van der Waals surface area contributed by atoms with Crippen molar-refractivity contribution < 1.29 is 23.3 Å². The number of non-ortho nitro benzene ring substituents is 1. The normalized spacial score (nSPS) is 10.8. The lowest BCUT2D eigenvalue weighted by molar-refractivity contribution is -0.384. The van der Waals surface area contributed by atoms with Crippen LogP contribution < -0.4 is 0 Å². The van der Waals surface area contributed by atoms with E-state index in [-0.39, 0.29) is 34.8 Å². The van der Waals surface area contributed by atoms with Crippen LogP contribution in [0, 0.1) is 15.9 Å². The Morgan fingerprint density at radius 1 is 1.38 bits per heavy atom. The van der Waals surface area contributed by atoms with Gasteiger partial charge >= 0.3 is 5.97 Å². The number of carbonyl (C=O) groups excluding carboxylic acids is 1. The van der Waals surface area contributed by atoms with Gasteiger partial charge in [-0.1, -0.05) is 6.07 Å². The Hall–Kier alpha value is -3.29. The van der Waals surface area contributed by atoms with Crippen LogP contribution in [0.3, 0.4) is 0 Å². The average molecular weight is 330 g/mol. The molecule has 0 N–H and O–H groups in total. The number of halogens is 1. The molecule has 3 aromatic rings. The molecule has 0 saturated carbocycles. The van der Waals surface area contributed by atoms with Gasteiger partial charge in [-0.15, -0.1) is 0 Å². The van der Waals surface area contributed by atoms with Crippen molar-refractivity contribution in [3.63, 3.8) is 0 Å². The fourth-order valence-electron chi connectivity index (χ4n) is 2.23. The third kappa shape index (κ3) is 2.81. The SMILES string of the molecule is CCOC(=O)c1cc([N+](=O)[O-])cc2nc(-c3cccc(F)c3)oc12.